The molecule has 164 valence electrons. The van der Waals surface area contributed by atoms with Crippen molar-refractivity contribution in [2.45, 2.75) is 71.2 Å². The monoisotopic (exact) mass is 444 g/mol. The van der Waals surface area contributed by atoms with E-state index in [1.165, 1.54) is 0 Å². The highest BCUT2D eigenvalue weighted by Gasteiger charge is 2.35. The molecule has 0 heterocycles. The van der Waals surface area contributed by atoms with Gasteiger partial charge in [0.2, 0.25) is 0 Å². The van der Waals surface area contributed by atoms with Crippen LogP contribution in [0.1, 0.15) is 54.4 Å². The quantitative estimate of drug-likeness (QED) is 0.130. The molecule has 0 aliphatic rings. The highest BCUT2D eigenvalue weighted by molar-refractivity contribution is 8.77. The van der Waals surface area contributed by atoms with Crippen LogP contribution in [0.4, 0.5) is 0 Å². The van der Waals surface area contributed by atoms with Crippen molar-refractivity contribution < 1.29 is 28.4 Å². The van der Waals surface area contributed by atoms with Gasteiger partial charge >= 0.3 is 0 Å². The minimum absolute atomic E-state index is 0.431. The van der Waals surface area contributed by atoms with E-state index in [-0.39, 0.29) is 0 Å². The van der Waals surface area contributed by atoms with Crippen molar-refractivity contribution >= 4 is 31.8 Å². The summed E-state index contributed by atoms with van der Waals surface area (Å²) in [5.41, 5.74) is 0. The second-order valence-electron chi connectivity index (χ2n) is 5.65. The summed E-state index contributed by atoms with van der Waals surface area (Å²) in [6, 6.07) is 0. The fraction of sp³-hybridized carbons (Fsp3) is 1.00. The number of hydrogen-bond donors (Lipinski definition) is 0. The van der Waals surface area contributed by atoms with Crippen LogP contribution in [0, 0.1) is 0 Å². The molecule has 0 aromatic carbocycles. The smallest absolute Gasteiger partial charge is 0.283 e. The summed E-state index contributed by atoms with van der Waals surface area (Å²) in [5, 5.41) is 0. The van der Waals surface area contributed by atoms with Crippen molar-refractivity contribution in [3.8, 4) is 0 Å². The zero-order valence-corrected chi connectivity index (χ0v) is 21.8. The lowest BCUT2D eigenvalue weighted by molar-refractivity contribution is -0.378. The molecule has 9 heteroatoms. The Balaban J connectivity index is 4.58. The SMILES string of the molecule is CCOC(CCSSC([SiH3])CC(OCC)(OCC)OCC)(OCC)OCC. The molecule has 1 unspecified atom stereocenters. The Labute approximate surface area is 176 Å². The number of rotatable bonds is 19. The molecule has 0 saturated heterocycles. The Morgan fingerprint density at radius 1 is 0.667 bits per heavy atom. The van der Waals surface area contributed by atoms with Gasteiger partial charge in [0.25, 0.3) is 11.9 Å². The highest BCUT2D eigenvalue weighted by atomic mass is 33.1. The van der Waals surface area contributed by atoms with Gasteiger partial charge in [-0.1, -0.05) is 21.6 Å². The van der Waals surface area contributed by atoms with E-state index in [9.17, 15) is 0 Å². The summed E-state index contributed by atoms with van der Waals surface area (Å²) >= 11 is 0. The van der Waals surface area contributed by atoms with Crippen molar-refractivity contribution in [1.29, 1.82) is 0 Å². The Morgan fingerprint density at radius 2 is 1.04 bits per heavy atom. The molecule has 0 radical (unpaired) electrons. The van der Waals surface area contributed by atoms with Crippen LogP contribution in [0.15, 0.2) is 0 Å². The minimum Gasteiger partial charge on any atom is -0.328 e. The van der Waals surface area contributed by atoms with Gasteiger partial charge in [0.1, 0.15) is 0 Å². The molecule has 0 N–H and O–H groups in total. The first-order valence-electron chi connectivity index (χ1n) is 10.1. The van der Waals surface area contributed by atoms with E-state index in [2.05, 4.69) is 0 Å². The molecule has 1 atom stereocenters. The molecule has 0 bridgehead atoms. The average Bonchev–Trinajstić information content (AvgIpc) is 2.60. The number of ether oxygens (including phenoxy) is 6. The summed E-state index contributed by atoms with van der Waals surface area (Å²) in [6.07, 6.45) is 1.40. The molecule has 27 heavy (non-hydrogen) atoms. The largest absolute Gasteiger partial charge is 0.328 e. The van der Waals surface area contributed by atoms with Crippen LogP contribution < -0.4 is 0 Å². The van der Waals surface area contributed by atoms with Crippen LogP contribution in [-0.2, 0) is 28.4 Å². The zero-order chi connectivity index (χ0) is 20.6. The predicted molar refractivity (Wildman–Crippen MR) is 118 cm³/mol. The van der Waals surface area contributed by atoms with E-state index >= 15 is 0 Å². The van der Waals surface area contributed by atoms with Gasteiger partial charge in [-0.3, -0.25) is 0 Å². The maximum atomic E-state index is 5.83. The maximum Gasteiger partial charge on any atom is 0.283 e. The van der Waals surface area contributed by atoms with Crippen LogP contribution in [0.3, 0.4) is 0 Å². The molecule has 0 aliphatic carbocycles. The standard InChI is InChI=1S/C18H40O6S2Si/c1-7-19-17(20-8-2,21-9-3)13-14-25-26-16(27)15-18(22-10-4,23-11-5)24-12-6/h16H,7-15H2,1-6,27H3. The van der Waals surface area contributed by atoms with E-state index in [4.69, 9.17) is 28.4 Å². The lowest BCUT2D eigenvalue weighted by atomic mass is 10.4. The van der Waals surface area contributed by atoms with Gasteiger partial charge in [0.15, 0.2) is 0 Å². The van der Waals surface area contributed by atoms with Gasteiger partial charge in [0, 0.05) is 73.4 Å². The van der Waals surface area contributed by atoms with E-state index in [0.717, 1.165) is 22.4 Å². The van der Waals surface area contributed by atoms with Crippen LogP contribution in [0.25, 0.3) is 0 Å². The first kappa shape index (κ1) is 27.7. The minimum atomic E-state index is -0.932. The van der Waals surface area contributed by atoms with Crippen molar-refractivity contribution in [3.63, 3.8) is 0 Å². The fourth-order valence-corrected chi connectivity index (χ4v) is 6.78. The molecule has 0 rings (SSSR count). The summed E-state index contributed by atoms with van der Waals surface area (Å²) in [6.45, 7) is 15.1. The van der Waals surface area contributed by atoms with E-state index in [1.54, 1.807) is 10.8 Å². The number of hydrogen-bond acceptors (Lipinski definition) is 8. The Bertz CT molecular complexity index is 318. The third-order valence-electron chi connectivity index (χ3n) is 3.45. The Morgan fingerprint density at radius 3 is 1.41 bits per heavy atom. The van der Waals surface area contributed by atoms with Gasteiger partial charge in [-0.05, 0) is 41.5 Å². The van der Waals surface area contributed by atoms with Crippen molar-refractivity contribution in [3.05, 3.63) is 0 Å². The molecule has 0 aliphatic heterocycles. The van der Waals surface area contributed by atoms with E-state index in [1.807, 2.05) is 52.3 Å². The summed E-state index contributed by atoms with van der Waals surface area (Å²) in [7, 11) is 4.66. The maximum absolute atomic E-state index is 5.83. The molecule has 0 saturated carbocycles. The second kappa shape index (κ2) is 16.5. The summed E-state index contributed by atoms with van der Waals surface area (Å²) < 4.78 is 34.8. The lowest BCUT2D eigenvalue weighted by Gasteiger charge is -2.34. The normalized spacial score (nSPS) is 14.0. The van der Waals surface area contributed by atoms with E-state index in [0.29, 0.717) is 50.9 Å². The van der Waals surface area contributed by atoms with Gasteiger partial charge < -0.3 is 28.4 Å². The summed E-state index contributed by atoms with van der Waals surface area (Å²) in [5.74, 6) is -0.990. The van der Waals surface area contributed by atoms with Crippen LogP contribution in [-0.4, -0.2) is 72.5 Å². The van der Waals surface area contributed by atoms with Crippen molar-refractivity contribution in [1.82, 2.24) is 0 Å². The van der Waals surface area contributed by atoms with Crippen LogP contribution in [0.5, 0.6) is 0 Å². The third kappa shape index (κ3) is 11.4. The van der Waals surface area contributed by atoms with Gasteiger partial charge in [-0.15, -0.1) is 0 Å². The first-order chi connectivity index (χ1) is 13.0. The molecule has 0 fully saturated rings. The fourth-order valence-electron chi connectivity index (χ4n) is 2.68. The van der Waals surface area contributed by atoms with Crippen LogP contribution in [0.2, 0.25) is 0 Å². The topological polar surface area (TPSA) is 55.4 Å². The molecule has 0 aromatic heterocycles. The molecule has 0 spiro atoms. The zero-order valence-electron chi connectivity index (χ0n) is 18.2. The average molecular weight is 445 g/mol. The van der Waals surface area contributed by atoms with Gasteiger partial charge in [-0.25, -0.2) is 0 Å². The highest BCUT2D eigenvalue weighted by Crippen LogP contribution is 2.35. The van der Waals surface area contributed by atoms with Crippen LogP contribution >= 0.6 is 21.6 Å². The second-order valence-corrected chi connectivity index (χ2v) is 10.8. The molecule has 0 aromatic rings. The lowest BCUT2D eigenvalue weighted by Crippen LogP contribution is -2.42. The van der Waals surface area contributed by atoms with Gasteiger partial charge in [-0.2, -0.15) is 0 Å². The van der Waals surface area contributed by atoms with Crippen molar-refractivity contribution in [2.24, 2.45) is 0 Å². The Hall–Kier alpha value is 0.677. The summed E-state index contributed by atoms with van der Waals surface area (Å²) in [4.78, 5) is 0.431. The Kier molecular flexibility index (Phi) is 16.9. The predicted octanol–water partition coefficient (Wildman–Crippen LogP) is 3.37. The molecular weight excluding hydrogens is 404 g/mol. The van der Waals surface area contributed by atoms with Crippen molar-refractivity contribution in [2.75, 3.05) is 45.4 Å². The molecular formula is C18H40O6S2Si. The molecule has 0 amide bonds. The third-order valence-corrected chi connectivity index (χ3v) is 8.48. The van der Waals surface area contributed by atoms with E-state index < -0.39 is 11.9 Å². The first-order valence-corrected chi connectivity index (χ1v) is 13.6. The van der Waals surface area contributed by atoms with Gasteiger partial charge in [0.05, 0.1) is 0 Å². The molecule has 6 nitrogen and oxygen atoms in total.